The summed E-state index contributed by atoms with van der Waals surface area (Å²) in [6.07, 6.45) is 1.33. The molecule has 0 saturated carbocycles. The minimum Gasteiger partial charge on any atom is -0.495 e. The predicted octanol–water partition coefficient (Wildman–Crippen LogP) is 4.41. The Hall–Kier alpha value is -3.71. The third-order valence-corrected chi connectivity index (χ3v) is 6.77. The number of halogens is 2. The van der Waals surface area contributed by atoms with E-state index < -0.39 is 6.03 Å². The highest BCUT2D eigenvalue weighted by atomic mass is 35.5. The molecule has 2 aromatic carbocycles. The number of nitrogens with zero attached hydrogens (tertiary/aromatic N) is 4. The first kappa shape index (κ1) is 28.3. The average molecular weight is 578 g/mol. The summed E-state index contributed by atoms with van der Waals surface area (Å²) in [6.45, 7) is 2.65. The molecule has 39 heavy (non-hydrogen) atoms. The van der Waals surface area contributed by atoms with Gasteiger partial charge in [-0.2, -0.15) is 0 Å². The number of aliphatic hydroxyl groups excluding tert-OH is 1. The van der Waals surface area contributed by atoms with Crippen molar-refractivity contribution in [3.8, 4) is 11.5 Å². The SMILES string of the molecule is COc1cc(OC)c(Cl)c(NC(=O)N(C)c2cc(Nc3ccc(N4CCOCC4)cc3NCO)ncn2)c1Cl. The fraction of sp³-hybridized carbons (Fsp3) is 0.320. The third-order valence-electron chi connectivity index (χ3n) is 6.02. The molecule has 1 saturated heterocycles. The number of anilines is 6. The van der Waals surface area contributed by atoms with Crippen LogP contribution < -0.4 is 35.2 Å². The van der Waals surface area contributed by atoms with Gasteiger partial charge in [0.25, 0.3) is 0 Å². The van der Waals surface area contributed by atoms with Crippen LogP contribution in [0.15, 0.2) is 36.7 Å². The van der Waals surface area contributed by atoms with Gasteiger partial charge in [-0.25, -0.2) is 14.8 Å². The summed E-state index contributed by atoms with van der Waals surface area (Å²) < 4.78 is 15.9. The van der Waals surface area contributed by atoms with Gasteiger partial charge in [0.1, 0.15) is 46.2 Å². The number of hydrogen-bond donors (Lipinski definition) is 4. The average Bonchev–Trinajstić information content (AvgIpc) is 2.96. The second-order valence-electron chi connectivity index (χ2n) is 8.32. The number of carbonyl (C=O) groups is 1. The molecular formula is C25H29Cl2N7O5. The highest BCUT2D eigenvalue weighted by Crippen LogP contribution is 2.44. The van der Waals surface area contributed by atoms with Gasteiger partial charge < -0.3 is 40.2 Å². The van der Waals surface area contributed by atoms with Crippen LogP contribution in [0.25, 0.3) is 0 Å². The van der Waals surface area contributed by atoms with Crippen molar-refractivity contribution >= 4 is 63.6 Å². The van der Waals surface area contributed by atoms with Crippen LogP contribution in [0.5, 0.6) is 11.5 Å². The lowest BCUT2D eigenvalue weighted by molar-refractivity contribution is 0.122. The summed E-state index contributed by atoms with van der Waals surface area (Å²) in [5, 5.41) is 18.6. The van der Waals surface area contributed by atoms with Gasteiger partial charge in [0.15, 0.2) is 0 Å². The number of aromatic nitrogens is 2. The van der Waals surface area contributed by atoms with E-state index in [9.17, 15) is 9.90 Å². The lowest BCUT2D eigenvalue weighted by atomic mass is 10.2. The minimum atomic E-state index is -0.559. The molecule has 2 heterocycles. The molecule has 2 amide bonds. The Bertz CT molecular complexity index is 1300. The van der Waals surface area contributed by atoms with Crippen molar-refractivity contribution in [2.45, 2.75) is 0 Å². The van der Waals surface area contributed by atoms with Crippen molar-refractivity contribution in [3.05, 3.63) is 46.7 Å². The molecule has 4 rings (SSSR count). The molecule has 3 aromatic rings. The minimum absolute atomic E-state index is 0.125. The summed E-state index contributed by atoms with van der Waals surface area (Å²) in [5.41, 5.74) is 2.51. The van der Waals surface area contributed by atoms with E-state index in [1.165, 1.54) is 38.6 Å². The number of methoxy groups -OCH3 is 2. The quantitative estimate of drug-likeness (QED) is 0.271. The van der Waals surface area contributed by atoms with E-state index in [2.05, 4.69) is 30.8 Å². The standard InChI is InChI=1S/C25H29Cl2N7O5/c1-33(25(36)32-24-22(26)18(37-2)11-19(38-3)23(24)27)21-12-20(28-13-29-21)31-16-5-4-15(10-17(16)30-14-35)34-6-8-39-9-7-34/h4-5,10-13,30,35H,6-9,14H2,1-3H3,(H,32,36)(H,28,29,31). The van der Waals surface area contributed by atoms with E-state index in [4.69, 9.17) is 37.4 Å². The third kappa shape index (κ3) is 6.48. The van der Waals surface area contributed by atoms with Gasteiger partial charge in [-0.1, -0.05) is 23.2 Å². The number of amides is 2. The van der Waals surface area contributed by atoms with Gasteiger partial charge in [0.2, 0.25) is 0 Å². The molecule has 1 aromatic heterocycles. The molecule has 0 radical (unpaired) electrons. The molecule has 0 spiro atoms. The molecule has 14 heteroatoms. The Balaban J connectivity index is 1.53. The normalized spacial score (nSPS) is 13.0. The molecule has 12 nitrogen and oxygen atoms in total. The van der Waals surface area contributed by atoms with Crippen LogP contribution in [0.2, 0.25) is 10.0 Å². The summed E-state index contributed by atoms with van der Waals surface area (Å²) in [5.74, 6) is 1.31. The Morgan fingerprint density at radius 3 is 2.41 bits per heavy atom. The monoisotopic (exact) mass is 577 g/mol. The molecule has 0 aliphatic carbocycles. The highest BCUT2D eigenvalue weighted by Gasteiger charge is 2.22. The lowest BCUT2D eigenvalue weighted by Gasteiger charge is -2.29. The fourth-order valence-electron chi connectivity index (χ4n) is 3.92. The lowest BCUT2D eigenvalue weighted by Crippen LogP contribution is -2.36. The van der Waals surface area contributed by atoms with Crippen molar-refractivity contribution < 1.29 is 24.1 Å². The molecule has 208 valence electrons. The molecule has 0 unspecified atom stereocenters. The van der Waals surface area contributed by atoms with Gasteiger partial charge in [-0.3, -0.25) is 4.90 Å². The molecule has 4 N–H and O–H groups in total. The molecule has 0 bridgehead atoms. The van der Waals surface area contributed by atoms with E-state index in [0.29, 0.717) is 36.2 Å². The maximum atomic E-state index is 13.1. The predicted molar refractivity (Wildman–Crippen MR) is 152 cm³/mol. The van der Waals surface area contributed by atoms with Crippen LogP contribution in [0, 0.1) is 0 Å². The van der Waals surface area contributed by atoms with Crippen LogP contribution >= 0.6 is 23.2 Å². The number of ether oxygens (including phenoxy) is 3. The van der Waals surface area contributed by atoms with Crippen molar-refractivity contribution in [1.29, 1.82) is 0 Å². The molecule has 0 atom stereocenters. The Kier molecular flexibility index (Phi) is 9.36. The zero-order valence-electron chi connectivity index (χ0n) is 21.6. The second-order valence-corrected chi connectivity index (χ2v) is 9.08. The number of aliphatic hydroxyl groups is 1. The number of urea groups is 1. The number of rotatable bonds is 9. The molecular weight excluding hydrogens is 549 g/mol. The van der Waals surface area contributed by atoms with E-state index in [-0.39, 0.29) is 34.0 Å². The van der Waals surface area contributed by atoms with E-state index in [1.807, 2.05) is 18.2 Å². The van der Waals surface area contributed by atoms with Gasteiger partial charge in [-0.15, -0.1) is 0 Å². The number of nitrogens with one attached hydrogen (secondary N) is 3. The van der Waals surface area contributed by atoms with Crippen molar-refractivity contribution in [1.82, 2.24) is 9.97 Å². The Labute approximate surface area is 235 Å². The Morgan fingerprint density at radius 2 is 1.77 bits per heavy atom. The van der Waals surface area contributed by atoms with Crippen LogP contribution in [0.1, 0.15) is 0 Å². The van der Waals surface area contributed by atoms with Gasteiger partial charge in [0, 0.05) is 38.0 Å². The summed E-state index contributed by atoms with van der Waals surface area (Å²) in [6, 6.07) is 8.39. The number of morpholine rings is 1. The van der Waals surface area contributed by atoms with Crippen molar-refractivity contribution in [3.63, 3.8) is 0 Å². The highest BCUT2D eigenvalue weighted by molar-refractivity contribution is 6.41. The summed E-state index contributed by atoms with van der Waals surface area (Å²) >= 11 is 12.8. The van der Waals surface area contributed by atoms with Crippen LogP contribution in [-0.4, -0.2) is 75.4 Å². The topological polar surface area (TPSA) is 133 Å². The van der Waals surface area contributed by atoms with Crippen LogP contribution in [-0.2, 0) is 4.74 Å². The number of hydrogen-bond acceptors (Lipinski definition) is 10. The van der Waals surface area contributed by atoms with E-state index in [1.54, 1.807) is 6.07 Å². The second kappa shape index (κ2) is 12.9. The number of carbonyl (C=O) groups excluding carboxylic acids is 1. The van der Waals surface area contributed by atoms with Crippen molar-refractivity contribution in [2.24, 2.45) is 0 Å². The molecule has 1 fully saturated rings. The van der Waals surface area contributed by atoms with Gasteiger partial charge in [0.05, 0.1) is 44.5 Å². The van der Waals surface area contributed by atoms with Crippen LogP contribution in [0.4, 0.5) is 39.2 Å². The number of benzene rings is 2. The zero-order valence-corrected chi connectivity index (χ0v) is 23.1. The van der Waals surface area contributed by atoms with Gasteiger partial charge in [-0.05, 0) is 18.2 Å². The molecule has 1 aliphatic heterocycles. The van der Waals surface area contributed by atoms with E-state index >= 15 is 0 Å². The smallest absolute Gasteiger partial charge is 0.327 e. The first-order valence-electron chi connectivity index (χ1n) is 11.9. The fourth-order valence-corrected chi connectivity index (χ4v) is 4.51. The maximum Gasteiger partial charge on any atom is 0.327 e. The zero-order chi connectivity index (χ0) is 27.9. The summed E-state index contributed by atoms with van der Waals surface area (Å²) in [4.78, 5) is 25.1. The van der Waals surface area contributed by atoms with Crippen LogP contribution in [0.3, 0.4) is 0 Å². The largest absolute Gasteiger partial charge is 0.495 e. The van der Waals surface area contributed by atoms with Crippen molar-refractivity contribution in [2.75, 3.05) is 80.1 Å². The van der Waals surface area contributed by atoms with E-state index in [0.717, 1.165) is 18.8 Å². The maximum absolute atomic E-state index is 13.1. The molecule has 1 aliphatic rings. The summed E-state index contributed by atoms with van der Waals surface area (Å²) in [7, 11) is 4.43. The first-order chi connectivity index (χ1) is 18.9. The van der Waals surface area contributed by atoms with Gasteiger partial charge >= 0.3 is 6.03 Å². The first-order valence-corrected chi connectivity index (χ1v) is 12.7. The Morgan fingerprint density at radius 1 is 1.08 bits per heavy atom.